The second kappa shape index (κ2) is 3.53. The molecule has 1 aliphatic rings. The molecule has 3 nitrogen and oxygen atoms in total. The van der Waals surface area contributed by atoms with Gasteiger partial charge in [0, 0.05) is 16.6 Å². The number of hydrogen-bond acceptors (Lipinski definition) is 2. The van der Waals surface area contributed by atoms with E-state index in [-0.39, 0.29) is 12.3 Å². The predicted octanol–water partition coefficient (Wildman–Crippen LogP) is 1.60. The average molecular weight is 254 g/mol. The summed E-state index contributed by atoms with van der Waals surface area (Å²) < 4.78 is 0.893. The summed E-state index contributed by atoms with van der Waals surface area (Å²) in [7, 11) is 0. The Balaban J connectivity index is 2.44. The van der Waals surface area contributed by atoms with E-state index in [2.05, 4.69) is 15.9 Å². The minimum atomic E-state index is -0.000324. The number of benzene rings is 1. The molecule has 1 aromatic carbocycles. The van der Waals surface area contributed by atoms with Gasteiger partial charge in [-0.2, -0.15) is 0 Å². The van der Waals surface area contributed by atoms with Crippen LogP contribution >= 0.6 is 15.9 Å². The molecule has 0 saturated heterocycles. The van der Waals surface area contributed by atoms with Crippen molar-refractivity contribution in [2.24, 2.45) is 0 Å². The van der Waals surface area contributed by atoms with E-state index in [9.17, 15) is 9.59 Å². The van der Waals surface area contributed by atoms with Gasteiger partial charge in [-0.15, -0.1) is 0 Å². The number of carbonyl (C=O) groups excluding carboxylic acids is 2. The van der Waals surface area contributed by atoms with Crippen LogP contribution in [-0.4, -0.2) is 23.6 Å². The number of halogens is 1. The zero-order chi connectivity index (χ0) is 10.1. The van der Waals surface area contributed by atoms with Crippen molar-refractivity contribution in [1.82, 2.24) is 4.90 Å². The van der Waals surface area contributed by atoms with Crippen molar-refractivity contribution < 1.29 is 9.59 Å². The van der Waals surface area contributed by atoms with E-state index in [0.717, 1.165) is 15.6 Å². The molecule has 0 saturated carbocycles. The molecule has 14 heavy (non-hydrogen) atoms. The highest BCUT2D eigenvalue weighted by molar-refractivity contribution is 9.10. The van der Waals surface area contributed by atoms with Gasteiger partial charge in [-0.3, -0.25) is 9.59 Å². The second-order valence-electron chi connectivity index (χ2n) is 3.24. The van der Waals surface area contributed by atoms with Gasteiger partial charge in [0.1, 0.15) is 0 Å². The van der Waals surface area contributed by atoms with Crippen molar-refractivity contribution >= 4 is 28.1 Å². The largest absolute Gasteiger partial charge is 0.333 e. The Labute approximate surface area is 89.8 Å². The van der Waals surface area contributed by atoms with Crippen LogP contribution < -0.4 is 0 Å². The van der Waals surface area contributed by atoms with Crippen molar-refractivity contribution in [1.29, 1.82) is 0 Å². The quantitative estimate of drug-likeness (QED) is 0.714. The number of ketones is 1. The maximum atomic E-state index is 11.6. The standard InChI is InChI=1S/C10H8BrNO2/c11-8-2-1-7-4-12(6-13)5-10(14)9(7)3-8/h1-3,6H,4-5H2. The number of fused-ring (bicyclic) bond motifs is 1. The van der Waals surface area contributed by atoms with Gasteiger partial charge < -0.3 is 4.90 Å². The first-order chi connectivity index (χ1) is 6.70. The summed E-state index contributed by atoms with van der Waals surface area (Å²) in [5.74, 6) is -0.000324. The molecule has 1 amide bonds. The Morgan fingerprint density at radius 1 is 1.36 bits per heavy atom. The molecule has 0 spiro atoms. The molecular weight excluding hydrogens is 246 g/mol. The molecular formula is C10H8BrNO2. The van der Waals surface area contributed by atoms with Gasteiger partial charge in [0.15, 0.2) is 5.78 Å². The molecule has 1 aliphatic heterocycles. The monoisotopic (exact) mass is 253 g/mol. The Kier molecular flexibility index (Phi) is 2.37. The fourth-order valence-corrected chi connectivity index (χ4v) is 1.93. The molecule has 0 atom stereocenters. The van der Waals surface area contributed by atoms with Gasteiger partial charge >= 0.3 is 0 Å². The summed E-state index contributed by atoms with van der Waals surface area (Å²) in [6, 6.07) is 5.55. The summed E-state index contributed by atoms with van der Waals surface area (Å²) in [6.45, 7) is 0.713. The van der Waals surface area contributed by atoms with Gasteiger partial charge in [-0.25, -0.2) is 0 Å². The van der Waals surface area contributed by atoms with Crippen molar-refractivity contribution in [2.75, 3.05) is 6.54 Å². The minimum Gasteiger partial charge on any atom is -0.333 e. The highest BCUT2D eigenvalue weighted by Gasteiger charge is 2.21. The maximum Gasteiger partial charge on any atom is 0.210 e. The Hall–Kier alpha value is -1.16. The van der Waals surface area contributed by atoms with Gasteiger partial charge in [-0.05, 0) is 17.7 Å². The zero-order valence-electron chi connectivity index (χ0n) is 7.37. The Morgan fingerprint density at radius 2 is 2.14 bits per heavy atom. The first-order valence-corrected chi connectivity index (χ1v) is 5.01. The van der Waals surface area contributed by atoms with Crippen molar-refractivity contribution in [3.8, 4) is 0 Å². The Morgan fingerprint density at radius 3 is 2.86 bits per heavy atom. The fraction of sp³-hybridized carbons (Fsp3) is 0.200. The number of hydrogen-bond donors (Lipinski definition) is 0. The van der Waals surface area contributed by atoms with E-state index in [1.54, 1.807) is 6.07 Å². The zero-order valence-corrected chi connectivity index (χ0v) is 8.95. The summed E-state index contributed by atoms with van der Waals surface area (Å²) >= 11 is 3.31. The van der Waals surface area contributed by atoms with Gasteiger partial charge in [0.25, 0.3) is 0 Å². The molecule has 0 bridgehead atoms. The van der Waals surface area contributed by atoms with Crippen LogP contribution in [0.4, 0.5) is 0 Å². The third kappa shape index (κ3) is 1.57. The fourth-order valence-electron chi connectivity index (χ4n) is 1.56. The highest BCUT2D eigenvalue weighted by atomic mass is 79.9. The molecule has 1 heterocycles. The van der Waals surface area contributed by atoms with E-state index in [1.165, 1.54) is 4.90 Å². The van der Waals surface area contributed by atoms with Crippen molar-refractivity contribution in [3.05, 3.63) is 33.8 Å². The molecule has 0 aromatic heterocycles. The summed E-state index contributed by atoms with van der Waals surface area (Å²) in [5.41, 5.74) is 1.63. The first kappa shape index (κ1) is 9.40. The molecule has 0 fully saturated rings. The lowest BCUT2D eigenvalue weighted by Gasteiger charge is -2.24. The normalized spacial score (nSPS) is 15.2. The van der Waals surface area contributed by atoms with Gasteiger partial charge in [0.2, 0.25) is 6.41 Å². The molecule has 72 valence electrons. The molecule has 0 unspecified atom stereocenters. The lowest BCUT2D eigenvalue weighted by atomic mass is 9.99. The summed E-state index contributed by atoms with van der Waals surface area (Å²) in [4.78, 5) is 23.6. The van der Waals surface area contributed by atoms with Crippen LogP contribution in [0.3, 0.4) is 0 Å². The van der Waals surface area contributed by atoms with Crippen LogP contribution in [0, 0.1) is 0 Å². The van der Waals surface area contributed by atoms with E-state index in [4.69, 9.17) is 0 Å². The second-order valence-corrected chi connectivity index (χ2v) is 4.15. The highest BCUT2D eigenvalue weighted by Crippen LogP contribution is 2.21. The summed E-state index contributed by atoms with van der Waals surface area (Å²) in [5, 5.41) is 0. The topological polar surface area (TPSA) is 37.4 Å². The smallest absolute Gasteiger partial charge is 0.210 e. The van der Waals surface area contributed by atoms with Crippen LogP contribution in [-0.2, 0) is 11.3 Å². The van der Waals surface area contributed by atoms with Gasteiger partial charge in [-0.1, -0.05) is 22.0 Å². The minimum absolute atomic E-state index is 0.000324. The number of rotatable bonds is 1. The van der Waals surface area contributed by atoms with E-state index >= 15 is 0 Å². The SMILES string of the molecule is O=CN1CC(=O)c2cc(Br)ccc2C1. The van der Waals surface area contributed by atoms with E-state index < -0.39 is 0 Å². The first-order valence-electron chi connectivity index (χ1n) is 4.21. The Bertz CT molecular complexity index is 403. The lowest BCUT2D eigenvalue weighted by molar-refractivity contribution is -0.118. The van der Waals surface area contributed by atoms with E-state index in [0.29, 0.717) is 13.0 Å². The van der Waals surface area contributed by atoms with Crippen LogP contribution in [0.15, 0.2) is 22.7 Å². The molecule has 4 heteroatoms. The third-order valence-corrected chi connectivity index (χ3v) is 2.73. The van der Waals surface area contributed by atoms with Gasteiger partial charge in [0.05, 0.1) is 6.54 Å². The molecule has 0 radical (unpaired) electrons. The number of Topliss-reactive ketones (excluding diaryl/α,β-unsaturated/α-hetero) is 1. The third-order valence-electron chi connectivity index (χ3n) is 2.24. The lowest BCUT2D eigenvalue weighted by Crippen LogP contribution is -2.33. The van der Waals surface area contributed by atoms with Crippen molar-refractivity contribution in [2.45, 2.75) is 6.54 Å². The van der Waals surface area contributed by atoms with Crippen LogP contribution in [0.2, 0.25) is 0 Å². The van der Waals surface area contributed by atoms with Crippen LogP contribution in [0.1, 0.15) is 15.9 Å². The number of nitrogens with zero attached hydrogens (tertiary/aromatic N) is 1. The van der Waals surface area contributed by atoms with Crippen LogP contribution in [0.25, 0.3) is 0 Å². The van der Waals surface area contributed by atoms with E-state index in [1.807, 2.05) is 12.1 Å². The van der Waals surface area contributed by atoms with Crippen LogP contribution in [0.5, 0.6) is 0 Å². The molecule has 1 aromatic rings. The molecule has 2 rings (SSSR count). The summed E-state index contributed by atoms with van der Waals surface area (Å²) in [6.07, 6.45) is 0.711. The van der Waals surface area contributed by atoms with Crippen molar-refractivity contribution in [3.63, 3.8) is 0 Å². The average Bonchev–Trinajstić information content (AvgIpc) is 2.19. The number of carbonyl (C=O) groups is 2. The maximum absolute atomic E-state index is 11.6. The molecule has 0 aliphatic carbocycles. The number of amides is 1. The molecule has 0 N–H and O–H groups in total. The predicted molar refractivity (Wildman–Crippen MR) is 54.9 cm³/mol.